The average molecular weight is 228 g/mol. The second kappa shape index (κ2) is 6.64. The van der Waals surface area contributed by atoms with Crippen LogP contribution in [0.2, 0.25) is 0 Å². The van der Waals surface area contributed by atoms with E-state index in [2.05, 4.69) is 49.4 Å². The van der Waals surface area contributed by atoms with Crippen LogP contribution in [0.3, 0.4) is 0 Å². The third kappa shape index (κ3) is 4.38. The van der Waals surface area contributed by atoms with E-state index in [1.54, 1.807) is 0 Å². The van der Waals surface area contributed by atoms with Crippen LogP contribution < -0.4 is 0 Å². The van der Waals surface area contributed by atoms with Crippen LogP contribution in [0.25, 0.3) is 0 Å². The molecule has 1 aromatic carbocycles. The fourth-order valence-corrected chi connectivity index (χ4v) is 2.63. The van der Waals surface area contributed by atoms with Crippen LogP contribution >= 0.6 is 0 Å². The number of aryl methyl sites for hydroxylation is 1. The molecule has 1 aromatic rings. The van der Waals surface area contributed by atoms with Crippen LogP contribution in [0.5, 0.6) is 0 Å². The highest BCUT2D eigenvalue weighted by Crippen LogP contribution is 2.26. The molecule has 0 amide bonds. The van der Waals surface area contributed by atoms with E-state index in [-0.39, 0.29) is 0 Å². The largest absolute Gasteiger partial charge is 0.0854 e. The van der Waals surface area contributed by atoms with Crippen molar-refractivity contribution in [2.45, 2.75) is 45.4 Å². The van der Waals surface area contributed by atoms with Gasteiger partial charge in [-0.05, 0) is 43.1 Å². The molecule has 0 saturated heterocycles. The minimum absolute atomic E-state index is 0.718. The van der Waals surface area contributed by atoms with Crippen LogP contribution in [0, 0.1) is 11.8 Å². The number of benzene rings is 1. The Labute approximate surface area is 106 Å². The second-order valence-corrected chi connectivity index (χ2v) is 5.43. The molecule has 1 unspecified atom stereocenters. The van der Waals surface area contributed by atoms with Crippen LogP contribution in [0.4, 0.5) is 0 Å². The van der Waals surface area contributed by atoms with Crippen molar-refractivity contribution < 1.29 is 0 Å². The Morgan fingerprint density at radius 1 is 1.18 bits per heavy atom. The van der Waals surface area contributed by atoms with Crippen LogP contribution in [0.15, 0.2) is 42.5 Å². The van der Waals surface area contributed by atoms with E-state index >= 15 is 0 Å². The van der Waals surface area contributed by atoms with Gasteiger partial charge in [0.25, 0.3) is 0 Å². The lowest BCUT2D eigenvalue weighted by Crippen LogP contribution is -1.95. The normalized spacial score (nSPS) is 18.9. The summed E-state index contributed by atoms with van der Waals surface area (Å²) in [4.78, 5) is 0. The van der Waals surface area contributed by atoms with Crippen molar-refractivity contribution in [3.63, 3.8) is 0 Å². The fourth-order valence-electron chi connectivity index (χ4n) is 2.63. The number of rotatable bonds is 5. The summed E-state index contributed by atoms with van der Waals surface area (Å²) in [5, 5.41) is 0. The van der Waals surface area contributed by atoms with Crippen LogP contribution in [-0.4, -0.2) is 0 Å². The Morgan fingerprint density at radius 2 is 1.88 bits per heavy atom. The van der Waals surface area contributed by atoms with Crippen molar-refractivity contribution in [3.8, 4) is 0 Å². The maximum Gasteiger partial charge on any atom is -0.0233 e. The Hall–Kier alpha value is -1.04. The van der Waals surface area contributed by atoms with Gasteiger partial charge in [0.15, 0.2) is 0 Å². The zero-order valence-electron chi connectivity index (χ0n) is 10.9. The van der Waals surface area contributed by atoms with Crippen LogP contribution in [-0.2, 0) is 6.42 Å². The molecule has 0 nitrogen and oxygen atoms in total. The van der Waals surface area contributed by atoms with Gasteiger partial charge in [-0.15, -0.1) is 0 Å². The van der Waals surface area contributed by atoms with Gasteiger partial charge in [0.05, 0.1) is 0 Å². The molecule has 0 radical (unpaired) electrons. The lowest BCUT2D eigenvalue weighted by Gasteiger charge is -2.08. The van der Waals surface area contributed by atoms with Gasteiger partial charge in [0, 0.05) is 0 Å². The monoisotopic (exact) mass is 228 g/mol. The summed E-state index contributed by atoms with van der Waals surface area (Å²) < 4.78 is 0. The summed E-state index contributed by atoms with van der Waals surface area (Å²) in [6, 6.07) is 10.8. The molecule has 2 rings (SSSR count). The quantitative estimate of drug-likeness (QED) is 0.622. The first kappa shape index (κ1) is 12.4. The van der Waals surface area contributed by atoms with Crippen molar-refractivity contribution in [2.24, 2.45) is 11.8 Å². The molecule has 0 heteroatoms. The molecule has 1 fully saturated rings. The van der Waals surface area contributed by atoms with Gasteiger partial charge in [-0.2, -0.15) is 0 Å². The maximum atomic E-state index is 2.47. The topological polar surface area (TPSA) is 0 Å². The molecule has 0 aliphatic heterocycles. The molecule has 1 aliphatic rings. The molecular formula is C17H24. The van der Waals surface area contributed by atoms with E-state index in [0.717, 1.165) is 11.8 Å². The average Bonchev–Trinajstić information content (AvgIpc) is 2.88. The zero-order chi connectivity index (χ0) is 11.9. The molecule has 0 heterocycles. The molecule has 0 aromatic heterocycles. The van der Waals surface area contributed by atoms with Gasteiger partial charge in [0.1, 0.15) is 0 Å². The fraction of sp³-hybridized carbons (Fsp3) is 0.529. The third-order valence-corrected chi connectivity index (χ3v) is 3.84. The molecule has 0 bridgehead atoms. The predicted molar refractivity (Wildman–Crippen MR) is 75.0 cm³/mol. The number of hydrogen-bond donors (Lipinski definition) is 0. The summed E-state index contributed by atoms with van der Waals surface area (Å²) in [5.74, 6) is 1.60. The number of hydrogen-bond acceptors (Lipinski definition) is 0. The van der Waals surface area contributed by atoms with E-state index in [1.165, 1.54) is 44.1 Å². The molecule has 0 spiro atoms. The second-order valence-electron chi connectivity index (χ2n) is 5.43. The SMILES string of the molecule is CC(/C=C/C1CCCC1)CCc1ccccc1. The van der Waals surface area contributed by atoms with Crippen molar-refractivity contribution in [3.05, 3.63) is 48.0 Å². The highest BCUT2D eigenvalue weighted by atomic mass is 14.2. The summed E-state index contributed by atoms with van der Waals surface area (Å²) in [7, 11) is 0. The standard InChI is InChI=1S/C17H24/c1-15(12-14-17-9-5-6-10-17)11-13-16-7-3-2-4-8-16/h2-4,7-8,12,14-15,17H,5-6,9-11,13H2,1H3/b14-12+. The predicted octanol–water partition coefficient (Wildman–Crippen LogP) is 5.00. The van der Waals surface area contributed by atoms with Gasteiger partial charge in [0.2, 0.25) is 0 Å². The molecule has 92 valence electrons. The lowest BCUT2D eigenvalue weighted by molar-refractivity contribution is 0.626. The molecule has 17 heavy (non-hydrogen) atoms. The number of allylic oxidation sites excluding steroid dienone is 2. The summed E-state index contributed by atoms with van der Waals surface area (Å²) in [6.45, 7) is 2.34. The summed E-state index contributed by atoms with van der Waals surface area (Å²) >= 11 is 0. The molecule has 0 N–H and O–H groups in total. The van der Waals surface area contributed by atoms with E-state index in [9.17, 15) is 0 Å². The molecule has 1 saturated carbocycles. The lowest BCUT2D eigenvalue weighted by atomic mass is 9.98. The smallest absolute Gasteiger partial charge is 0.0233 e. The van der Waals surface area contributed by atoms with E-state index in [0.29, 0.717) is 0 Å². The van der Waals surface area contributed by atoms with Crippen molar-refractivity contribution in [2.75, 3.05) is 0 Å². The first-order valence-electron chi connectivity index (χ1n) is 7.07. The molecule has 1 atom stereocenters. The Balaban J connectivity index is 1.71. The first-order chi connectivity index (χ1) is 8.34. The minimum Gasteiger partial charge on any atom is -0.0854 e. The van der Waals surface area contributed by atoms with Crippen LogP contribution in [0.1, 0.15) is 44.6 Å². The Bertz CT molecular complexity index is 330. The molecule has 1 aliphatic carbocycles. The molecular weight excluding hydrogens is 204 g/mol. The maximum absolute atomic E-state index is 2.47. The van der Waals surface area contributed by atoms with E-state index in [4.69, 9.17) is 0 Å². The Kier molecular flexibility index (Phi) is 4.85. The first-order valence-corrected chi connectivity index (χ1v) is 7.07. The van der Waals surface area contributed by atoms with E-state index in [1.807, 2.05) is 0 Å². The summed E-state index contributed by atoms with van der Waals surface area (Å²) in [6.07, 6.45) is 13.1. The highest BCUT2D eigenvalue weighted by molar-refractivity contribution is 5.14. The summed E-state index contributed by atoms with van der Waals surface area (Å²) in [5.41, 5.74) is 1.47. The van der Waals surface area contributed by atoms with Gasteiger partial charge >= 0.3 is 0 Å². The van der Waals surface area contributed by atoms with Gasteiger partial charge < -0.3 is 0 Å². The van der Waals surface area contributed by atoms with Gasteiger partial charge in [-0.1, -0.05) is 62.2 Å². The third-order valence-electron chi connectivity index (χ3n) is 3.84. The minimum atomic E-state index is 0.718. The van der Waals surface area contributed by atoms with E-state index < -0.39 is 0 Å². The Morgan fingerprint density at radius 3 is 2.59 bits per heavy atom. The zero-order valence-corrected chi connectivity index (χ0v) is 10.9. The van der Waals surface area contributed by atoms with Gasteiger partial charge in [-0.3, -0.25) is 0 Å². The highest BCUT2D eigenvalue weighted by Gasteiger charge is 2.11. The van der Waals surface area contributed by atoms with Crippen molar-refractivity contribution in [1.82, 2.24) is 0 Å². The van der Waals surface area contributed by atoms with Crippen molar-refractivity contribution >= 4 is 0 Å². The van der Waals surface area contributed by atoms with Gasteiger partial charge in [-0.25, -0.2) is 0 Å². The van der Waals surface area contributed by atoms with Crippen molar-refractivity contribution in [1.29, 1.82) is 0 Å².